The fourth-order valence-corrected chi connectivity index (χ4v) is 3.28. The first kappa shape index (κ1) is 17.5. The minimum atomic E-state index is -0.187. The zero-order valence-electron chi connectivity index (χ0n) is 14.7. The van der Waals surface area contributed by atoms with Gasteiger partial charge in [0.25, 0.3) is 0 Å². The number of halogens is 1. The molecule has 1 aliphatic carbocycles. The Bertz CT molecular complexity index is 953. The van der Waals surface area contributed by atoms with Gasteiger partial charge in [-0.25, -0.2) is 4.68 Å². The van der Waals surface area contributed by atoms with Crippen LogP contribution in [0.3, 0.4) is 0 Å². The van der Waals surface area contributed by atoms with E-state index in [-0.39, 0.29) is 12.5 Å². The number of hydrogen-bond donors (Lipinski definition) is 1. The van der Waals surface area contributed by atoms with Crippen molar-refractivity contribution in [2.45, 2.75) is 32.4 Å². The van der Waals surface area contributed by atoms with Crippen LogP contribution in [0.25, 0.3) is 0 Å². The van der Waals surface area contributed by atoms with E-state index in [1.165, 1.54) is 22.2 Å². The maximum atomic E-state index is 12.1. The summed E-state index contributed by atoms with van der Waals surface area (Å²) in [5.74, 6) is 0.652. The summed E-state index contributed by atoms with van der Waals surface area (Å²) in [4.78, 5) is 12.1. The Kier molecular flexibility index (Phi) is 5.07. The number of aryl methyl sites for hydroxylation is 2. The molecule has 1 aliphatic rings. The lowest BCUT2D eigenvalue weighted by atomic mass is 10.1. The molecule has 0 atom stereocenters. The Morgan fingerprint density at radius 2 is 1.96 bits per heavy atom. The number of rotatable bonds is 6. The van der Waals surface area contributed by atoms with Gasteiger partial charge >= 0.3 is 0 Å². The minimum Gasteiger partial charge on any atom is -0.487 e. The molecule has 0 radical (unpaired) electrons. The summed E-state index contributed by atoms with van der Waals surface area (Å²) in [5.41, 5.74) is 4.15. The van der Waals surface area contributed by atoms with Crippen molar-refractivity contribution in [1.82, 2.24) is 15.0 Å². The lowest BCUT2D eigenvalue weighted by Gasteiger charge is -2.06. The molecule has 0 saturated heterocycles. The molecule has 0 saturated carbocycles. The lowest BCUT2D eigenvalue weighted by molar-refractivity contribution is -0.116. The van der Waals surface area contributed by atoms with Gasteiger partial charge in [-0.05, 0) is 66.8 Å². The third-order valence-corrected chi connectivity index (χ3v) is 4.73. The largest absolute Gasteiger partial charge is 0.487 e. The SMILES string of the molecule is O=C(Cn1cc(COc2ccc3c(c2)CCC3)nn1)Nc1ccc(Cl)cc1. The van der Waals surface area contributed by atoms with E-state index < -0.39 is 0 Å². The second-order valence-corrected chi connectivity index (χ2v) is 6.97. The molecule has 0 spiro atoms. The second-order valence-electron chi connectivity index (χ2n) is 6.54. The average molecular weight is 383 g/mol. The molecule has 0 unspecified atom stereocenters. The predicted octanol–water partition coefficient (Wildman–Crippen LogP) is 3.64. The predicted molar refractivity (Wildman–Crippen MR) is 103 cm³/mol. The van der Waals surface area contributed by atoms with Crippen molar-refractivity contribution in [2.75, 3.05) is 5.32 Å². The van der Waals surface area contributed by atoms with E-state index in [4.69, 9.17) is 16.3 Å². The first-order valence-electron chi connectivity index (χ1n) is 8.85. The fraction of sp³-hybridized carbons (Fsp3) is 0.250. The van der Waals surface area contributed by atoms with Crippen molar-refractivity contribution in [2.24, 2.45) is 0 Å². The van der Waals surface area contributed by atoms with E-state index in [1.807, 2.05) is 6.07 Å². The Hall–Kier alpha value is -2.86. The molecule has 1 amide bonds. The highest BCUT2D eigenvalue weighted by Crippen LogP contribution is 2.26. The van der Waals surface area contributed by atoms with Crippen LogP contribution in [0.4, 0.5) is 5.69 Å². The molecule has 138 valence electrons. The molecule has 3 aromatic rings. The number of benzene rings is 2. The molecule has 0 bridgehead atoms. The molecule has 1 aromatic heterocycles. The van der Waals surface area contributed by atoms with Crippen molar-refractivity contribution in [3.8, 4) is 5.75 Å². The number of carbonyl (C=O) groups is 1. The summed E-state index contributed by atoms with van der Waals surface area (Å²) in [6, 6.07) is 13.2. The first-order valence-corrected chi connectivity index (χ1v) is 9.22. The molecule has 0 aliphatic heterocycles. The molecule has 27 heavy (non-hydrogen) atoms. The van der Waals surface area contributed by atoms with Gasteiger partial charge in [0.2, 0.25) is 5.91 Å². The normalized spacial score (nSPS) is 12.6. The number of hydrogen-bond acceptors (Lipinski definition) is 4. The Morgan fingerprint density at radius 3 is 2.81 bits per heavy atom. The summed E-state index contributed by atoms with van der Waals surface area (Å²) < 4.78 is 7.31. The molecule has 0 fully saturated rings. The van der Waals surface area contributed by atoms with Gasteiger partial charge in [0.15, 0.2) is 0 Å². The average Bonchev–Trinajstić information content (AvgIpc) is 3.30. The molecule has 1 N–H and O–H groups in total. The van der Waals surface area contributed by atoms with Gasteiger partial charge in [-0.3, -0.25) is 4.79 Å². The molecule has 2 aromatic carbocycles. The quantitative estimate of drug-likeness (QED) is 0.706. The summed E-state index contributed by atoms with van der Waals surface area (Å²) in [6.45, 7) is 0.395. The number of nitrogens with zero attached hydrogens (tertiary/aromatic N) is 3. The minimum absolute atomic E-state index is 0.0778. The van der Waals surface area contributed by atoms with Gasteiger partial charge < -0.3 is 10.1 Å². The lowest BCUT2D eigenvalue weighted by Crippen LogP contribution is -2.19. The highest BCUT2D eigenvalue weighted by Gasteiger charge is 2.12. The van der Waals surface area contributed by atoms with E-state index in [0.29, 0.717) is 23.0 Å². The molecule has 1 heterocycles. The maximum Gasteiger partial charge on any atom is 0.246 e. The van der Waals surface area contributed by atoms with Crippen LogP contribution in [0.15, 0.2) is 48.7 Å². The van der Waals surface area contributed by atoms with Crippen LogP contribution < -0.4 is 10.1 Å². The van der Waals surface area contributed by atoms with E-state index in [2.05, 4.69) is 27.8 Å². The zero-order chi connectivity index (χ0) is 18.6. The van der Waals surface area contributed by atoms with Gasteiger partial charge in [-0.15, -0.1) is 5.10 Å². The summed E-state index contributed by atoms with van der Waals surface area (Å²) in [6.07, 6.45) is 5.20. The summed E-state index contributed by atoms with van der Waals surface area (Å²) in [7, 11) is 0. The van der Waals surface area contributed by atoms with Crippen LogP contribution in [0.5, 0.6) is 5.75 Å². The maximum absolute atomic E-state index is 12.1. The van der Waals surface area contributed by atoms with E-state index >= 15 is 0 Å². The number of fused-ring (bicyclic) bond motifs is 1. The topological polar surface area (TPSA) is 69.0 Å². The Labute approximate surface area is 162 Å². The van der Waals surface area contributed by atoms with Crippen LogP contribution in [-0.4, -0.2) is 20.9 Å². The van der Waals surface area contributed by atoms with Crippen molar-refractivity contribution < 1.29 is 9.53 Å². The van der Waals surface area contributed by atoms with Crippen LogP contribution in [-0.2, 0) is 30.8 Å². The number of aromatic nitrogens is 3. The van der Waals surface area contributed by atoms with Gasteiger partial charge in [0.1, 0.15) is 24.6 Å². The molecule has 7 heteroatoms. The highest BCUT2D eigenvalue weighted by atomic mass is 35.5. The number of anilines is 1. The van der Waals surface area contributed by atoms with Crippen molar-refractivity contribution >= 4 is 23.2 Å². The monoisotopic (exact) mass is 382 g/mol. The van der Waals surface area contributed by atoms with Crippen molar-refractivity contribution in [3.05, 3.63) is 70.5 Å². The van der Waals surface area contributed by atoms with Crippen molar-refractivity contribution in [3.63, 3.8) is 0 Å². The second kappa shape index (κ2) is 7.80. The van der Waals surface area contributed by atoms with Gasteiger partial charge in [-0.2, -0.15) is 0 Å². The number of carbonyl (C=O) groups excluding carboxylic acids is 1. The van der Waals surface area contributed by atoms with Crippen molar-refractivity contribution in [1.29, 1.82) is 0 Å². The number of ether oxygens (including phenoxy) is 1. The smallest absolute Gasteiger partial charge is 0.246 e. The Morgan fingerprint density at radius 1 is 1.15 bits per heavy atom. The fourth-order valence-electron chi connectivity index (χ4n) is 3.16. The third-order valence-electron chi connectivity index (χ3n) is 4.48. The highest BCUT2D eigenvalue weighted by molar-refractivity contribution is 6.30. The standard InChI is InChI=1S/C20H19ClN4O2/c21-16-5-7-17(8-6-16)22-20(26)12-25-11-18(23-24-25)13-27-19-9-4-14-2-1-3-15(14)10-19/h4-11H,1-3,12-13H2,(H,22,26). The van der Waals surface area contributed by atoms with Gasteiger partial charge in [0, 0.05) is 10.7 Å². The Balaban J connectivity index is 1.30. The van der Waals surface area contributed by atoms with E-state index in [1.54, 1.807) is 30.5 Å². The van der Waals surface area contributed by atoms with Crippen LogP contribution in [0, 0.1) is 0 Å². The molecular weight excluding hydrogens is 364 g/mol. The third kappa shape index (κ3) is 4.46. The van der Waals surface area contributed by atoms with Crippen LogP contribution in [0.2, 0.25) is 5.02 Å². The van der Waals surface area contributed by atoms with Crippen LogP contribution in [0.1, 0.15) is 23.2 Å². The molecule has 6 nitrogen and oxygen atoms in total. The zero-order valence-corrected chi connectivity index (χ0v) is 15.4. The number of amides is 1. The molecular formula is C20H19ClN4O2. The first-order chi connectivity index (χ1) is 13.2. The summed E-state index contributed by atoms with van der Waals surface area (Å²) >= 11 is 5.84. The number of nitrogens with one attached hydrogen (secondary N) is 1. The summed E-state index contributed by atoms with van der Waals surface area (Å²) in [5, 5.41) is 11.5. The van der Waals surface area contributed by atoms with E-state index in [0.717, 1.165) is 18.6 Å². The van der Waals surface area contributed by atoms with Crippen LogP contribution >= 0.6 is 11.6 Å². The molecule has 4 rings (SSSR count). The van der Waals surface area contributed by atoms with Gasteiger partial charge in [-0.1, -0.05) is 22.9 Å². The van der Waals surface area contributed by atoms with E-state index in [9.17, 15) is 4.79 Å². The van der Waals surface area contributed by atoms with Gasteiger partial charge in [0.05, 0.1) is 6.20 Å².